The summed E-state index contributed by atoms with van der Waals surface area (Å²) in [6.07, 6.45) is 11.7. The van der Waals surface area contributed by atoms with E-state index in [0.717, 1.165) is 0 Å². The van der Waals surface area contributed by atoms with E-state index in [-0.39, 0.29) is 0 Å². The van der Waals surface area contributed by atoms with Crippen molar-refractivity contribution in [3.63, 3.8) is 0 Å². The molecule has 0 bridgehead atoms. The second kappa shape index (κ2) is 3.97. The molecule has 0 aliphatic heterocycles. The number of alkyl halides is 1. The van der Waals surface area contributed by atoms with Gasteiger partial charge in [0.05, 0.1) is 6.10 Å². The maximum atomic E-state index is 5.54. The van der Waals surface area contributed by atoms with Crippen molar-refractivity contribution in [2.45, 2.75) is 23.8 Å². The van der Waals surface area contributed by atoms with Crippen molar-refractivity contribution in [2.24, 2.45) is 11.8 Å². The molecule has 0 aromatic carbocycles. The average molecular weight is 243 g/mol. The minimum atomic E-state index is 0.347. The lowest BCUT2D eigenvalue weighted by molar-refractivity contribution is 0.0323. The quantitative estimate of drug-likeness (QED) is 0.643. The van der Waals surface area contributed by atoms with Gasteiger partial charge in [-0.2, -0.15) is 0 Å². The van der Waals surface area contributed by atoms with E-state index in [1.807, 2.05) is 7.11 Å². The Labute approximate surface area is 88.0 Å². The highest BCUT2D eigenvalue weighted by atomic mass is 79.9. The fraction of sp³-hybridized carbons (Fsp3) is 0.636. The van der Waals surface area contributed by atoms with Crippen LogP contribution in [-0.2, 0) is 4.74 Å². The molecule has 2 heteroatoms. The van der Waals surface area contributed by atoms with Crippen LogP contribution < -0.4 is 0 Å². The number of allylic oxidation sites excluding steroid dienone is 3. The van der Waals surface area contributed by atoms with Gasteiger partial charge in [0.1, 0.15) is 0 Å². The number of methoxy groups -OCH3 is 1. The Balaban J connectivity index is 2.15. The van der Waals surface area contributed by atoms with E-state index in [2.05, 4.69) is 40.2 Å². The van der Waals surface area contributed by atoms with E-state index in [1.165, 1.54) is 12.8 Å². The van der Waals surface area contributed by atoms with Crippen molar-refractivity contribution in [3.05, 3.63) is 24.3 Å². The number of fused-ring (bicyclic) bond motifs is 1. The van der Waals surface area contributed by atoms with Gasteiger partial charge in [-0.1, -0.05) is 40.2 Å². The average Bonchev–Trinajstić information content (AvgIpc) is 2.18. The molecule has 0 aromatic rings. The zero-order valence-corrected chi connectivity index (χ0v) is 9.41. The SMILES string of the molecule is COC1C(Br)CCC2C=CC=CC21. The lowest BCUT2D eigenvalue weighted by Crippen LogP contribution is -2.39. The Kier molecular flexibility index (Phi) is 2.89. The van der Waals surface area contributed by atoms with Crippen LogP contribution in [0.3, 0.4) is 0 Å². The van der Waals surface area contributed by atoms with Crippen LogP contribution in [0, 0.1) is 11.8 Å². The van der Waals surface area contributed by atoms with Crippen molar-refractivity contribution in [2.75, 3.05) is 7.11 Å². The predicted octanol–water partition coefficient (Wildman–Crippen LogP) is 2.92. The van der Waals surface area contributed by atoms with Gasteiger partial charge in [-0.3, -0.25) is 0 Å². The molecular formula is C11H15BrO. The van der Waals surface area contributed by atoms with Gasteiger partial charge in [0.15, 0.2) is 0 Å². The Hall–Kier alpha value is -0.0800. The first kappa shape index (κ1) is 9.47. The monoisotopic (exact) mass is 242 g/mol. The lowest BCUT2D eigenvalue weighted by atomic mass is 9.75. The molecule has 1 nitrogen and oxygen atoms in total. The Morgan fingerprint density at radius 2 is 2.00 bits per heavy atom. The maximum Gasteiger partial charge on any atom is 0.0764 e. The summed E-state index contributed by atoms with van der Waals surface area (Å²) >= 11 is 3.69. The second-order valence-corrected chi connectivity index (χ2v) is 4.98. The Bertz CT molecular complexity index is 234. The van der Waals surface area contributed by atoms with E-state index in [1.54, 1.807) is 0 Å². The minimum absolute atomic E-state index is 0.347. The molecule has 0 saturated heterocycles. The van der Waals surface area contributed by atoms with Gasteiger partial charge in [0.2, 0.25) is 0 Å². The van der Waals surface area contributed by atoms with Crippen LogP contribution in [0.1, 0.15) is 12.8 Å². The molecule has 0 radical (unpaired) electrons. The zero-order chi connectivity index (χ0) is 9.26. The smallest absolute Gasteiger partial charge is 0.0764 e. The summed E-state index contributed by atoms with van der Waals surface area (Å²) in [7, 11) is 1.81. The first-order chi connectivity index (χ1) is 6.33. The molecule has 1 saturated carbocycles. The van der Waals surface area contributed by atoms with Crippen molar-refractivity contribution in [3.8, 4) is 0 Å². The maximum absolute atomic E-state index is 5.54. The predicted molar refractivity (Wildman–Crippen MR) is 58.0 cm³/mol. The van der Waals surface area contributed by atoms with Gasteiger partial charge < -0.3 is 4.74 Å². The van der Waals surface area contributed by atoms with E-state index in [9.17, 15) is 0 Å². The van der Waals surface area contributed by atoms with Crippen LogP contribution in [0.2, 0.25) is 0 Å². The molecule has 72 valence electrons. The van der Waals surface area contributed by atoms with Crippen LogP contribution >= 0.6 is 15.9 Å². The summed E-state index contributed by atoms with van der Waals surface area (Å²) in [5, 5.41) is 0. The molecule has 0 amide bonds. The summed E-state index contributed by atoms with van der Waals surface area (Å²) in [4.78, 5) is 0.523. The highest BCUT2D eigenvalue weighted by Crippen LogP contribution is 2.38. The van der Waals surface area contributed by atoms with Crippen molar-refractivity contribution in [1.82, 2.24) is 0 Å². The highest BCUT2D eigenvalue weighted by molar-refractivity contribution is 9.09. The number of ether oxygens (including phenoxy) is 1. The Morgan fingerprint density at radius 1 is 1.23 bits per heavy atom. The molecule has 2 rings (SSSR count). The number of hydrogen-bond acceptors (Lipinski definition) is 1. The normalized spacial score (nSPS) is 43.2. The van der Waals surface area contributed by atoms with Gasteiger partial charge in [0, 0.05) is 17.9 Å². The molecule has 13 heavy (non-hydrogen) atoms. The van der Waals surface area contributed by atoms with Crippen molar-refractivity contribution < 1.29 is 4.74 Å². The second-order valence-electron chi connectivity index (χ2n) is 3.80. The van der Waals surface area contributed by atoms with E-state index in [0.29, 0.717) is 22.8 Å². The number of hydrogen-bond donors (Lipinski definition) is 0. The fourth-order valence-corrected chi connectivity index (χ4v) is 3.21. The third-order valence-corrected chi connectivity index (χ3v) is 4.06. The standard InChI is InChI=1S/C11H15BrO/c1-13-11-9-5-3-2-4-8(9)6-7-10(11)12/h2-5,8-11H,6-7H2,1H3. The van der Waals surface area contributed by atoms with Gasteiger partial charge in [-0.05, 0) is 18.8 Å². The number of rotatable bonds is 1. The van der Waals surface area contributed by atoms with Crippen LogP contribution in [0.4, 0.5) is 0 Å². The van der Waals surface area contributed by atoms with Gasteiger partial charge in [-0.25, -0.2) is 0 Å². The van der Waals surface area contributed by atoms with Gasteiger partial charge in [0.25, 0.3) is 0 Å². The van der Waals surface area contributed by atoms with E-state index < -0.39 is 0 Å². The van der Waals surface area contributed by atoms with Crippen LogP contribution in [0.15, 0.2) is 24.3 Å². The molecule has 4 unspecified atom stereocenters. The van der Waals surface area contributed by atoms with E-state index in [4.69, 9.17) is 4.74 Å². The van der Waals surface area contributed by atoms with E-state index >= 15 is 0 Å². The molecule has 0 aromatic heterocycles. The summed E-state index contributed by atoms with van der Waals surface area (Å²) in [5.74, 6) is 1.27. The highest BCUT2D eigenvalue weighted by Gasteiger charge is 2.36. The third-order valence-electron chi connectivity index (χ3n) is 3.08. The zero-order valence-electron chi connectivity index (χ0n) is 7.82. The Morgan fingerprint density at radius 3 is 2.77 bits per heavy atom. The van der Waals surface area contributed by atoms with Crippen LogP contribution in [0.5, 0.6) is 0 Å². The molecule has 0 spiro atoms. The molecule has 2 aliphatic rings. The third kappa shape index (κ3) is 1.75. The van der Waals surface area contributed by atoms with Crippen LogP contribution in [-0.4, -0.2) is 18.0 Å². The molecule has 1 fully saturated rings. The van der Waals surface area contributed by atoms with Gasteiger partial charge >= 0.3 is 0 Å². The topological polar surface area (TPSA) is 9.23 Å². The largest absolute Gasteiger partial charge is 0.380 e. The molecule has 4 atom stereocenters. The minimum Gasteiger partial charge on any atom is -0.380 e. The molecule has 0 heterocycles. The molecule has 0 N–H and O–H groups in total. The summed E-state index contributed by atoms with van der Waals surface area (Å²) in [6.45, 7) is 0. The fourth-order valence-electron chi connectivity index (χ4n) is 2.37. The summed E-state index contributed by atoms with van der Waals surface area (Å²) in [6, 6.07) is 0. The number of halogens is 1. The summed E-state index contributed by atoms with van der Waals surface area (Å²) in [5.41, 5.74) is 0. The summed E-state index contributed by atoms with van der Waals surface area (Å²) < 4.78 is 5.54. The molecule has 2 aliphatic carbocycles. The van der Waals surface area contributed by atoms with Crippen molar-refractivity contribution in [1.29, 1.82) is 0 Å². The van der Waals surface area contributed by atoms with Crippen molar-refractivity contribution >= 4 is 15.9 Å². The first-order valence-electron chi connectivity index (χ1n) is 4.85. The lowest BCUT2D eigenvalue weighted by Gasteiger charge is -2.38. The first-order valence-corrected chi connectivity index (χ1v) is 5.76. The van der Waals surface area contributed by atoms with Crippen LogP contribution in [0.25, 0.3) is 0 Å². The van der Waals surface area contributed by atoms with Gasteiger partial charge in [-0.15, -0.1) is 0 Å². The molecular weight excluding hydrogens is 228 g/mol.